The van der Waals surface area contributed by atoms with E-state index in [1.807, 2.05) is 36.4 Å². The van der Waals surface area contributed by atoms with Crippen LogP contribution in [-0.2, 0) is 14.3 Å². The molecule has 0 fully saturated rings. The zero-order valence-corrected chi connectivity index (χ0v) is 56.7. The third-order valence-corrected chi connectivity index (χ3v) is 18.0. The maximum absolute atomic E-state index is 14.9. The predicted molar refractivity (Wildman–Crippen MR) is 378 cm³/mol. The summed E-state index contributed by atoms with van der Waals surface area (Å²) in [7, 11) is 3.08. The van der Waals surface area contributed by atoms with Gasteiger partial charge in [-0.2, -0.15) is 0 Å². The van der Waals surface area contributed by atoms with Crippen LogP contribution in [0.25, 0.3) is 76.5 Å². The van der Waals surface area contributed by atoms with Crippen molar-refractivity contribution in [2.24, 2.45) is 0 Å². The Kier molecular flexibility index (Phi) is 23.5. The number of hydrogen-bond acceptors (Lipinski definition) is 10. The number of ether oxygens (including phenoxy) is 8. The summed E-state index contributed by atoms with van der Waals surface area (Å²) in [6.45, 7) is 24.1. The Morgan fingerprint density at radius 3 is 1.35 bits per heavy atom. The zero-order chi connectivity index (χ0) is 65.6. The molecule has 0 aliphatic rings. The summed E-state index contributed by atoms with van der Waals surface area (Å²) in [6.07, 6.45) is 21.1. The lowest BCUT2D eigenvalue weighted by Gasteiger charge is -2.24. The van der Waals surface area contributed by atoms with Crippen molar-refractivity contribution in [3.05, 3.63) is 154 Å². The fourth-order valence-corrected chi connectivity index (χ4v) is 13.2. The summed E-state index contributed by atoms with van der Waals surface area (Å²) in [6, 6.07) is 36.4. The molecule has 92 heavy (non-hydrogen) atoms. The first-order valence-electron chi connectivity index (χ1n) is 33.5. The van der Waals surface area contributed by atoms with Crippen molar-refractivity contribution in [3.8, 4) is 80.2 Å². The van der Waals surface area contributed by atoms with Crippen LogP contribution in [0, 0.1) is 53.9 Å². The van der Waals surface area contributed by atoms with E-state index in [0.29, 0.717) is 34.8 Å². The summed E-state index contributed by atoms with van der Waals surface area (Å²) in [4.78, 5) is 28.5. The first kappa shape index (κ1) is 68.0. The molecule has 0 saturated carbocycles. The minimum atomic E-state index is -0.624. The van der Waals surface area contributed by atoms with Gasteiger partial charge in [0.1, 0.15) is 40.1 Å². The van der Waals surface area contributed by atoms with E-state index < -0.39 is 5.97 Å². The molecular formula is C82H94O10. The lowest BCUT2D eigenvalue weighted by Crippen LogP contribution is -2.16. The summed E-state index contributed by atoms with van der Waals surface area (Å²) in [5.41, 5.74) is 13.3. The summed E-state index contributed by atoms with van der Waals surface area (Å²) in [5.74, 6) is 5.13. The molecule has 0 aliphatic heterocycles. The van der Waals surface area contributed by atoms with Gasteiger partial charge in [-0.3, -0.25) is 4.79 Å². The van der Waals surface area contributed by atoms with E-state index in [2.05, 4.69) is 137 Å². The van der Waals surface area contributed by atoms with Gasteiger partial charge in [0, 0.05) is 31.8 Å². The van der Waals surface area contributed by atoms with Gasteiger partial charge < -0.3 is 37.9 Å². The minimum Gasteiger partial charge on any atom is -0.490 e. The molecule has 0 atom stereocenters. The summed E-state index contributed by atoms with van der Waals surface area (Å²) < 4.78 is 49.3. The third-order valence-electron chi connectivity index (χ3n) is 18.0. The van der Waals surface area contributed by atoms with Gasteiger partial charge in [0.25, 0.3) is 0 Å². The Hall–Kier alpha value is -8.36. The number of aryl methyl sites for hydroxylation is 6. The Balaban J connectivity index is 1.29. The standard InChI is InChI=1S/C82H94O10/c1-15-21-26-59(27-22-16-2)89-63-39-51(7)78(52(8)40-63)73-47-69-55(11)56(12)70-48-74(79-53(9)41-64(42-54(79)10)90-60(28-23-17-3)29-24-18-4)67-38-34-62(46-72(67)81(70)80(69)71-45-61(33-37-66(71)73)91-77(83)30-25-19-5)92-82(84)68-36-32-58(44-76(68)88-50-86-14)65-35-31-57(20-6)43-75(65)87-49-85-13/h6,31-48,59-60H,15-19,21-30,49-50H2,1-5,7-14H3. The van der Waals surface area contributed by atoms with Gasteiger partial charge in [0.05, 0.1) is 12.2 Å². The quantitative estimate of drug-likeness (QED) is 0.0137. The van der Waals surface area contributed by atoms with Crippen molar-refractivity contribution >= 4 is 55.0 Å². The number of fused-ring (bicyclic) bond motifs is 7. The number of carbonyl (C=O) groups excluding carboxylic acids is 2. The minimum absolute atomic E-state index is 0.00497. The molecule has 0 amide bonds. The average molecular weight is 1240 g/mol. The molecular weight excluding hydrogens is 1140 g/mol. The molecule has 0 unspecified atom stereocenters. The van der Waals surface area contributed by atoms with Gasteiger partial charge in [-0.25, -0.2) is 4.79 Å². The SMILES string of the molecule is C#Cc1ccc(-c2ccc(C(=O)Oc3ccc4c(-c5c(C)cc(OC(CCCC)CCCC)cc5C)cc5c(C)c(C)c6cc(-c7c(C)cc(OC(CCCC)CCCC)cc7C)c7ccc(OC(=O)CCCC)cc7c6c5c4c3)c(OCOC)c2)c(OCOC)c1. The van der Waals surface area contributed by atoms with Gasteiger partial charge in [-0.05, 0) is 269 Å². The van der Waals surface area contributed by atoms with Crippen LogP contribution in [0.2, 0.25) is 0 Å². The van der Waals surface area contributed by atoms with E-state index in [4.69, 9.17) is 44.3 Å². The summed E-state index contributed by atoms with van der Waals surface area (Å²) in [5, 5.41) is 7.87. The Morgan fingerprint density at radius 2 is 0.902 bits per heavy atom. The first-order valence-corrected chi connectivity index (χ1v) is 33.5. The van der Waals surface area contributed by atoms with Crippen molar-refractivity contribution in [1.82, 2.24) is 0 Å². The molecule has 0 bridgehead atoms. The summed E-state index contributed by atoms with van der Waals surface area (Å²) >= 11 is 0. The maximum atomic E-state index is 14.9. The average Bonchev–Trinajstić information content (AvgIpc) is 0.707. The van der Waals surface area contributed by atoms with Gasteiger partial charge in [0.2, 0.25) is 0 Å². The second-order valence-corrected chi connectivity index (χ2v) is 24.9. The van der Waals surface area contributed by atoms with Crippen molar-refractivity contribution < 1.29 is 47.5 Å². The highest BCUT2D eigenvalue weighted by atomic mass is 16.7. The highest BCUT2D eigenvalue weighted by Gasteiger charge is 2.26. The topological polar surface area (TPSA) is 108 Å². The number of methoxy groups -OCH3 is 2. The molecule has 0 saturated heterocycles. The maximum Gasteiger partial charge on any atom is 0.347 e. The first-order chi connectivity index (χ1) is 44.6. The highest BCUT2D eigenvalue weighted by molar-refractivity contribution is 6.32. The molecule has 10 nitrogen and oxygen atoms in total. The van der Waals surface area contributed by atoms with Crippen LogP contribution in [0.1, 0.15) is 180 Å². The van der Waals surface area contributed by atoms with Crippen LogP contribution in [0.5, 0.6) is 34.5 Å². The molecule has 0 spiro atoms. The lowest BCUT2D eigenvalue weighted by atomic mass is 9.81. The monoisotopic (exact) mass is 1240 g/mol. The van der Waals surface area contributed by atoms with Crippen molar-refractivity contribution in [3.63, 3.8) is 0 Å². The number of terminal acetylenes is 1. The van der Waals surface area contributed by atoms with Crippen molar-refractivity contribution in [2.75, 3.05) is 27.8 Å². The number of unbranched alkanes of at least 4 members (excludes halogenated alkanes) is 5. The van der Waals surface area contributed by atoms with Crippen molar-refractivity contribution in [1.29, 1.82) is 0 Å². The second kappa shape index (κ2) is 31.8. The van der Waals surface area contributed by atoms with Crippen LogP contribution in [-0.4, -0.2) is 52.0 Å². The fraction of sp³-hybridized carbons (Fsp3) is 0.390. The van der Waals surface area contributed by atoms with E-state index >= 15 is 0 Å². The molecule has 9 aromatic rings. The van der Waals surface area contributed by atoms with Crippen LogP contribution in [0.15, 0.2) is 109 Å². The van der Waals surface area contributed by atoms with E-state index in [1.54, 1.807) is 25.3 Å². The molecule has 482 valence electrons. The number of carbonyl (C=O) groups is 2. The Bertz CT molecular complexity index is 4100. The van der Waals surface area contributed by atoms with Gasteiger partial charge in [-0.15, -0.1) is 6.42 Å². The smallest absolute Gasteiger partial charge is 0.347 e. The van der Waals surface area contributed by atoms with Crippen LogP contribution < -0.4 is 28.4 Å². The molecule has 9 rings (SSSR count). The lowest BCUT2D eigenvalue weighted by molar-refractivity contribution is -0.134. The second-order valence-electron chi connectivity index (χ2n) is 24.9. The predicted octanol–water partition coefficient (Wildman–Crippen LogP) is 21.7. The van der Waals surface area contributed by atoms with Gasteiger partial charge >= 0.3 is 11.9 Å². The number of rotatable bonds is 31. The van der Waals surface area contributed by atoms with Crippen LogP contribution >= 0.6 is 0 Å². The molecule has 9 aromatic carbocycles. The van der Waals surface area contributed by atoms with E-state index in [9.17, 15) is 9.59 Å². The van der Waals surface area contributed by atoms with Crippen LogP contribution in [0.3, 0.4) is 0 Å². The largest absolute Gasteiger partial charge is 0.490 e. The third kappa shape index (κ3) is 15.4. The van der Waals surface area contributed by atoms with E-state index in [0.717, 1.165) is 206 Å². The van der Waals surface area contributed by atoms with Gasteiger partial charge in [0.15, 0.2) is 13.6 Å². The highest BCUT2D eigenvalue weighted by Crippen LogP contribution is 2.50. The zero-order valence-electron chi connectivity index (χ0n) is 56.7. The van der Waals surface area contributed by atoms with Crippen LogP contribution in [0.4, 0.5) is 0 Å². The fourth-order valence-electron chi connectivity index (χ4n) is 13.2. The Labute approximate surface area is 546 Å². The number of benzene rings is 9. The molecule has 0 aliphatic carbocycles. The van der Waals surface area contributed by atoms with E-state index in [1.165, 1.54) is 7.11 Å². The normalized spacial score (nSPS) is 11.5. The molecule has 0 aromatic heterocycles. The number of hydrogen-bond donors (Lipinski definition) is 0. The van der Waals surface area contributed by atoms with E-state index in [-0.39, 0.29) is 43.1 Å². The van der Waals surface area contributed by atoms with Crippen molar-refractivity contribution in [2.45, 2.75) is 185 Å². The molecule has 0 heterocycles. The molecule has 0 radical (unpaired) electrons. The molecule has 0 N–H and O–H groups in total. The molecule has 10 heteroatoms. The van der Waals surface area contributed by atoms with Gasteiger partial charge in [-0.1, -0.05) is 117 Å². The number of esters is 2. The Morgan fingerprint density at radius 1 is 0.446 bits per heavy atom.